The molecule has 41 heavy (non-hydrogen) atoms. The maximum Gasteiger partial charge on any atom is 0.335 e. The number of aromatic carboxylic acids is 1. The maximum absolute atomic E-state index is 13.2. The number of piperazine rings is 1. The highest BCUT2D eigenvalue weighted by Gasteiger charge is 2.44. The summed E-state index contributed by atoms with van der Waals surface area (Å²) in [6.07, 6.45) is 2.39. The van der Waals surface area contributed by atoms with Crippen LogP contribution in [0.25, 0.3) is 0 Å². The van der Waals surface area contributed by atoms with Gasteiger partial charge in [-0.15, -0.1) is 0 Å². The van der Waals surface area contributed by atoms with Gasteiger partial charge in [-0.2, -0.15) is 0 Å². The van der Waals surface area contributed by atoms with Crippen molar-refractivity contribution in [2.45, 2.75) is 38.1 Å². The van der Waals surface area contributed by atoms with Gasteiger partial charge in [-0.25, -0.2) is 4.79 Å². The summed E-state index contributed by atoms with van der Waals surface area (Å²) in [5.41, 5.74) is 2.94. The summed E-state index contributed by atoms with van der Waals surface area (Å²) in [6.45, 7) is 6.43. The van der Waals surface area contributed by atoms with Gasteiger partial charge in [0, 0.05) is 63.6 Å². The van der Waals surface area contributed by atoms with Crippen molar-refractivity contribution in [1.29, 1.82) is 0 Å². The third kappa shape index (κ3) is 5.36. The van der Waals surface area contributed by atoms with Crippen molar-refractivity contribution in [3.63, 3.8) is 0 Å². The molecule has 1 atom stereocenters. The zero-order chi connectivity index (χ0) is 28.7. The Kier molecular flexibility index (Phi) is 7.33. The van der Waals surface area contributed by atoms with Crippen LogP contribution in [-0.2, 0) is 9.59 Å². The normalized spacial score (nSPS) is 22.4. The van der Waals surface area contributed by atoms with Gasteiger partial charge in [-0.3, -0.25) is 29.0 Å². The van der Waals surface area contributed by atoms with Gasteiger partial charge in [0.05, 0.1) is 29.2 Å². The summed E-state index contributed by atoms with van der Waals surface area (Å²) < 4.78 is 0. The van der Waals surface area contributed by atoms with Crippen molar-refractivity contribution in [1.82, 2.24) is 9.80 Å². The highest BCUT2D eigenvalue weighted by Crippen LogP contribution is 2.32. The minimum absolute atomic E-state index is 0.139. The molecule has 1 unspecified atom stereocenters. The fraction of sp³-hybridized carbons (Fsp3) is 0.452. The summed E-state index contributed by atoms with van der Waals surface area (Å²) in [5, 5.41) is 9.12. The lowest BCUT2D eigenvalue weighted by Gasteiger charge is -2.40. The summed E-state index contributed by atoms with van der Waals surface area (Å²) in [5.74, 6) is -1.68. The lowest BCUT2D eigenvalue weighted by Crippen LogP contribution is -2.49. The smallest absolute Gasteiger partial charge is 0.335 e. The maximum atomic E-state index is 13.2. The monoisotopic (exact) mass is 558 g/mol. The fourth-order valence-electron chi connectivity index (χ4n) is 6.60. The standard InChI is InChI=1S/C31H34N4O6/c36-24-6-8-27(28(37)18-24)35-29(38)25-7-5-23(17-26(25)30(35)39)34-15-13-32(14-16-34)19-20-9-11-33(12-10-20)22-3-1-21(2-4-22)31(40)41/h1-5,7,17,20,27H,6,8-16,18-19H2,(H,40,41). The van der Waals surface area contributed by atoms with Crippen LogP contribution in [0.1, 0.15) is 63.2 Å². The topological polar surface area (TPSA) is 119 Å². The van der Waals surface area contributed by atoms with Gasteiger partial charge in [-0.1, -0.05) is 0 Å². The van der Waals surface area contributed by atoms with Crippen LogP contribution in [0, 0.1) is 5.92 Å². The van der Waals surface area contributed by atoms with Gasteiger partial charge in [0.25, 0.3) is 11.8 Å². The number of anilines is 2. The molecule has 2 aromatic rings. The van der Waals surface area contributed by atoms with Gasteiger partial charge in [0.15, 0.2) is 5.78 Å². The number of imide groups is 1. The number of fused-ring (bicyclic) bond motifs is 1. The van der Waals surface area contributed by atoms with Crippen LogP contribution in [0.2, 0.25) is 0 Å². The third-order valence-corrected chi connectivity index (χ3v) is 9.00. The summed E-state index contributed by atoms with van der Waals surface area (Å²) in [6, 6.07) is 11.6. The molecule has 2 saturated heterocycles. The molecule has 2 aromatic carbocycles. The highest BCUT2D eigenvalue weighted by atomic mass is 16.4. The van der Waals surface area contributed by atoms with Crippen LogP contribution < -0.4 is 9.80 Å². The molecule has 0 bridgehead atoms. The number of ketones is 2. The number of piperidine rings is 1. The molecule has 3 fully saturated rings. The SMILES string of the molecule is O=C1CCC(N2C(=O)c3ccc(N4CCN(CC5CCN(c6ccc(C(=O)O)cc6)CC5)CC4)cc3C2=O)C(=O)C1. The highest BCUT2D eigenvalue weighted by molar-refractivity contribution is 6.24. The number of carboxylic acid groups (broad SMARTS) is 1. The largest absolute Gasteiger partial charge is 0.478 e. The van der Waals surface area contributed by atoms with Crippen molar-refractivity contribution >= 4 is 40.7 Å². The number of carbonyl (C=O) groups is 5. The third-order valence-electron chi connectivity index (χ3n) is 9.00. The fourth-order valence-corrected chi connectivity index (χ4v) is 6.60. The molecule has 10 heteroatoms. The Bertz CT molecular complexity index is 1390. The first-order chi connectivity index (χ1) is 19.8. The Labute approximate surface area is 238 Å². The lowest BCUT2D eigenvalue weighted by molar-refractivity contribution is -0.132. The van der Waals surface area contributed by atoms with E-state index in [2.05, 4.69) is 14.7 Å². The van der Waals surface area contributed by atoms with Crippen molar-refractivity contribution in [3.8, 4) is 0 Å². The first-order valence-corrected chi connectivity index (χ1v) is 14.4. The van der Waals surface area contributed by atoms with Crippen molar-refractivity contribution in [2.75, 3.05) is 55.6 Å². The number of rotatable bonds is 6. The Morgan fingerprint density at radius 2 is 1.39 bits per heavy atom. The molecule has 4 aliphatic rings. The second kappa shape index (κ2) is 11.1. The van der Waals surface area contributed by atoms with Gasteiger partial charge in [-0.05, 0) is 67.6 Å². The number of Topliss-reactive ketones (excluding diaryl/α,β-unsaturated/α-hetero) is 2. The van der Waals surface area contributed by atoms with Crippen molar-refractivity contribution in [3.05, 3.63) is 59.2 Å². The van der Waals surface area contributed by atoms with E-state index in [-0.39, 0.29) is 30.8 Å². The predicted molar refractivity (Wildman–Crippen MR) is 152 cm³/mol. The average Bonchev–Trinajstić information content (AvgIpc) is 3.23. The Hall–Kier alpha value is -4.05. The number of carboxylic acids is 1. The van der Waals surface area contributed by atoms with E-state index in [0.717, 1.165) is 74.9 Å². The predicted octanol–water partition coefficient (Wildman–Crippen LogP) is 2.71. The molecule has 3 heterocycles. The summed E-state index contributed by atoms with van der Waals surface area (Å²) in [4.78, 5) is 69.5. The van der Waals surface area contributed by atoms with E-state index in [0.29, 0.717) is 22.6 Å². The Morgan fingerprint density at radius 1 is 0.756 bits per heavy atom. The number of carbonyl (C=O) groups excluding carboxylic acids is 4. The molecule has 1 N–H and O–H groups in total. The second-order valence-electron chi connectivity index (χ2n) is 11.5. The van der Waals surface area contributed by atoms with Crippen molar-refractivity contribution in [2.24, 2.45) is 5.92 Å². The van der Waals surface area contributed by atoms with Gasteiger partial charge in [0.2, 0.25) is 0 Å². The zero-order valence-corrected chi connectivity index (χ0v) is 23.0. The molecule has 0 radical (unpaired) electrons. The molecule has 6 rings (SSSR count). The van der Waals surface area contributed by atoms with E-state index in [1.807, 2.05) is 18.2 Å². The quantitative estimate of drug-likeness (QED) is 0.422. The van der Waals surface area contributed by atoms with Crippen LogP contribution in [0.3, 0.4) is 0 Å². The van der Waals surface area contributed by atoms with Crippen LogP contribution in [0.5, 0.6) is 0 Å². The van der Waals surface area contributed by atoms with E-state index in [1.165, 1.54) is 0 Å². The van der Waals surface area contributed by atoms with Crippen LogP contribution in [-0.4, -0.2) is 96.1 Å². The molecule has 214 valence electrons. The molecular weight excluding hydrogens is 524 g/mol. The van der Waals surface area contributed by atoms with E-state index in [1.54, 1.807) is 24.3 Å². The van der Waals surface area contributed by atoms with Crippen LogP contribution >= 0.6 is 0 Å². The second-order valence-corrected chi connectivity index (χ2v) is 11.5. The van der Waals surface area contributed by atoms with Gasteiger partial charge < -0.3 is 14.9 Å². The van der Waals surface area contributed by atoms with Gasteiger partial charge >= 0.3 is 5.97 Å². The average molecular weight is 559 g/mol. The first kappa shape index (κ1) is 27.1. The van der Waals surface area contributed by atoms with Gasteiger partial charge in [0.1, 0.15) is 5.78 Å². The number of nitrogens with zero attached hydrogens (tertiary/aromatic N) is 4. The van der Waals surface area contributed by atoms with E-state index in [4.69, 9.17) is 5.11 Å². The first-order valence-electron chi connectivity index (χ1n) is 14.4. The number of benzene rings is 2. The van der Waals surface area contributed by atoms with Crippen LogP contribution in [0.15, 0.2) is 42.5 Å². The number of hydrogen-bond acceptors (Lipinski definition) is 8. The Morgan fingerprint density at radius 3 is 2.05 bits per heavy atom. The Balaban J connectivity index is 1.01. The van der Waals surface area contributed by atoms with E-state index < -0.39 is 23.8 Å². The molecule has 2 amide bonds. The molecule has 0 aromatic heterocycles. The lowest BCUT2D eigenvalue weighted by atomic mass is 9.92. The molecule has 1 aliphatic carbocycles. The minimum atomic E-state index is -0.909. The molecule has 3 aliphatic heterocycles. The van der Waals surface area contributed by atoms with Crippen LogP contribution in [0.4, 0.5) is 11.4 Å². The number of hydrogen-bond donors (Lipinski definition) is 1. The van der Waals surface area contributed by atoms with E-state index >= 15 is 0 Å². The van der Waals surface area contributed by atoms with Crippen molar-refractivity contribution < 1.29 is 29.1 Å². The molecular formula is C31H34N4O6. The molecule has 10 nitrogen and oxygen atoms in total. The zero-order valence-electron chi connectivity index (χ0n) is 23.0. The molecule has 0 spiro atoms. The number of amides is 2. The minimum Gasteiger partial charge on any atom is -0.478 e. The molecule has 1 saturated carbocycles. The summed E-state index contributed by atoms with van der Waals surface area (Å²) >= 11 is 0. The van der Waals surface area contributed by atoms with E-state index in [9.17, 15) is 24.0 Å². The summed E-state index contributed by atoms with van der Waals surface area (Å²) in [7, 11) is 0.